The average molecular weight is 530 g/mol. The number of amides is 2. The Bertz CT molecular complexity index is 1340. The molecule has 1 atom stereocenters. The lowest BCUT2D eigenvalue weighted by atomic mass is 9.90. The normalized spacial score (nSPS) is 15.7. The van der Waals surface area contributed by atoms with Gasteiger partial charge < -0.3 is 19.5 Å². The first-order chi connectivity index (χ1) is 18.6. The monoisotopic (exact) mass is 529 g/mol. The zero-order valence-electron chi connectivity index (χ0n) is 23.3. The molecule has 1 saturated heterocycles. The number of hydrogen-bond donors (Lipinski definition) is 1. The lowest BCUT2D eigenvalue weighted by Gasteiger charge is -2.39. The van der Waals surface area contributed by atoms with Crippen molar-refractivity contribution in [2.24, 2.45) is 0 Å². The molecule has 1 aliphatic heterocycles. The van der Waals surface area contributed by atoms with Gasteiger partial charge in [0.1, 0.15) is 0 Å². The van der Waals surface area contributed by atoms with E-state index in [-0.39, 0.29) is 35.9 Å². The second-order valence-electron chi connectivity index (χ2n) is 11.1. The van der Waals surface area contributed by atoms with E-state index >= 15 is 0 Å². The van der Waals surface area contributed by atoms with Crippen molar-refractivity contribution in [3.8, 4) is 11.1 Å². The molecular weight excluding hydrogens is 490 g/mol. The van der Waals surface area contributed by atoms with Crippen LogP contribution in [0.2, 0.25) is 0 Å². The first-order valence-corrected chi connectivity index (χ1v) is 13.7. The fourth-order valence-electron chi connectivity index (χ4n) is 5.09. The van der Waals surface area contributed by atoms with Gasteiger partial charge in [-0.25, -0.2) is 0 Å². The first kappa shape index (κ1) is 28.3. The maximum Gasteiger partial charge on any atom is 0.255 e. The molecule has 1 aliphatic rings. The van der Waals surface area contributed by atoms with E-state index < -0.39 is 5.60 Å². The van der Waals surface area contributed by atoms with Crippen molar-refractivity contribution < 1.29 is 14.7 Å². The van der Waals surface area contributed by atoms with Gasteiger partial charge in [-0.3, -0.25) is 14.4 Å². The van der Waals surface area contributed by atoms with E-state index in [2.05, 4.69) is 6.92 Å². The van der Waals surface area contributed by atoms with Crippen LogP contribution >= 0.6 is 0 Å². The van der Waals surface area contributed by atoms with E-state index in [9.17, 15) is 19.5 Å². The molecule has 39 heavy (non-hydrogen) atoms. The van der Waals surface area contributed by atoms with Crippen LogP contribution in [-0.2, 0) is 11.3 Å². The lowest BCUT2D eigenvalue weighted by molar-refractivity contribution is -0.136. The molecule has 2 amide bonds. The van der Waals surface area contributed by atoms with Crippen molar-refractivity contribution in [2.45, 2.75) is 64.1 Å². The summed E-state index contributed by atoms with van der Waals surface area (Å²) in [6, 6.07) is 20.9. The topological polar surface area (TPSA) is 82.8 Å². The number of hydrogen-bond acceptors (Lipinski definition) is 4. The predicted molar refractivity (Wildman–Crippen MR) is 154 cm³/mol. The predicted octanol–water partition coefficient (Wildman–Crippen LogP) is 4.54. The Hall–Kier alpha value is -3.71. The summed E-state index contributed by atoms with van der Waals surface area (Å²) >= 11 is 0. The number of carbonyl (C=O) groups is 2. The maximum atomic E-state index is 13.4. The fourth-order valence-corrected chi connectivity index (χ4v) is 5.09. The minimum Gasteiger partial charge on any atom is -0.388 e. The Labute approximate surface area is 230 Å². The molecule has 1 N–H and O–H groups in total. The van der Waals surface area contributed by atoms with E-state index in [1.54, 1.807) is 18.1 Å². The largest absolute Gasteiger partial charge is 0.388 e. The summed E-state index contributed by atoms with van der Waals surface area (Å²) in [6.45, 7) is 6.85. The van der Waals surface area contributed by atoms with Gasteiger partial charge in [-0.05, 0) is 43.7 Å². The van der Waals surface area contributed by atoms with Crippen molar-refractivity contribution in [3.05, 3.63) is 94.4 Å². The van der Waals surface area contributed by atoms with Gasteiger partial charge in [0.15, 0.2) is 0 Å². The Morgan fingerprint density at radius 1 is 0.974 bits per heavy atom. The van der Waals surface area contributed by atoms with Gasteiger partial charge in [-0.2, -0.15) is 0 Å². The van der Waals surface area contributed by atoms with Gasteiger partial charge in [-0.15, -0.1) is 0 Å². The molecule has 1 aromatic heterocycles. The number of likely N-dealkylation sites (tertiary alicyclic amines) is 1. The molecule has 206 valence electrons. The van der Waals surface area contributed by atoms with Crippen LogP contribution < -0.4 is 5.56 Å². The van der Waals surface area contributed by atoms with Gasteiger partial charge in [-0.1, -0.05) is 67.6 Å². The molecular formula is C32H39N3O4. The van der Waals surface area contributed by atoms with Crippen LogP contribution in [0.15, 0.2) is 77.7 Å². The molecule has 3 aromatic rings. The Kier molecular flexibility index (Phi) is 8.70. The van der Waals surface area contributed by atoms with Gasteiger partial charge in [0.05, 0.1) is 17.7 Å². The van der Waals surface area contributed by atoms with Crippen molar-refractivity contribution >= 4 is 11.8 Å². The van der Waals surface area contributed by atoms with Crippen LogP contribution in [0.25, 0.3) is 11.1 Å². The number of pyridine rings is 1. The summed E-state index contributed by atoms with van der Waals surface area (Å²) in [6.07, 6.45) is 2.72. The zero-order valence-corrected chi connectivity index (χ0v) is 23.3. The Morgan fingerprint density at radius 3 is 2.15 bits per heavy atom. The molecule has 1 fully saturated rings. The molecule has 0 aliphatic carbocycles. The highest BCUT2D eigenvalue weighted by Gasteiger charge is 2.35. The fraction of sp³-hybridized carbons (Fsp3) is 0.406. The number of carbonyl (C=O) groups excluding carboxylic acids is 2. The quantitative estimate of drug-likeness (QED) is 0.464. The highest BCUT2D eigenvalue weighted by molar-refractivity contribution is 6.00. The number of nitrogens with zero attached hydrogens (tertiary/aromatic N) is 3. The van der Waals surface area contributed by atoms with Crippen LogP contribution in [0.4, 0.5) is 0 Å². The zero-order chi connectivity index (χ0) is 28.2. The summed E-state index contributed by atoms with van der Waals surface area (Å²) in [5, 5.41) is 11.4. The summed E-state index contributed by atoms with van der Waals surface area (Å²) < 4.78 is 1.45. The third-order valence-electron chi connectivity index (χ3n) is 7.90. The minimum absolute atomic E-state index is 0.0165. The van der Waals surface area contributed by atoms with Crippen molar-refractivity contribution in [2.75, 3.05) is 20.1 Å². The average Bonchev–Trinajstić information content (AvgIpc) is 2.94. The van der Waals surface area contributed by atoms with Gasteiger partial charge in [0.25, 0.3) is 11.5 Å². The molecule has 7 heteroatoms. The maximum absolute atomic E-state index is 13.4. The third-order valence-corrected chi connectivity index (χ3v) is 7.90. The van der Waals surface area contributed by atoms with Gasteiger partial charge in [0, 0.05) is 50.4 Å². The molecule has 0 spiro atoms. The molecule has 2 heterocycles. The molecule has 7 nitrogen and oxygen atoms in total. The van der Waals surface area contributed by atoms with Crippen LogP contribution in [-0.4, -0.2) is 63.1 Å². The number of rotatable bonds is 8. The number of aromatic nitrogens is 1. The Balaban J connectivity index is 1.50. The number of benzene rings is 2. The molecule has 0 bridgehead atoms. The van der Waals surface area contributed by atoms with E-state index in [1.165, 1.54) is 10.6 Å². The second-order valence-corrected chi connectivity index (χ2v) is 11.1. The summed E-state index contributed by atoms with van der Waals surface area (Å²) in [5.74, 6) is 0.000999. The summed E-state index contributed by atoms with van der Waals surface area (Å²) in [4.78, 5) is 43.0. The second kappa shape index (κ2) is 12.0. The molecule has 0 radical (unpaired) electrons. The van der Waals surface area contributed by atoms with Crippen molar-refractivity contribution in [1.29, 1.82) is 0 Å². The summed E-state index contributed by atoms with van der Waals surface area (Å²) in [7, 11) is 1.75. The molecule has 0 saturated carbocycles. The van der Waals surface area contributed by atoms with Crippen LogP contribution in [0, 0.1) is 0 Å². The lowest BCUT2D eigenvalue weighted by Crippen LogP contribution is -2.49. The van der Waals surface area contributed by atoms with Crippen LogP contribution in [0.1, 0.15) is 61.9 Å². The molecule has 0 unspecified atom stereocenters. The molecule has 2 aromatic carbocycles. The Morgan fingerprint density at radius 2 is 1.56 bits per heavy atom. The number of aliphatic hydroxyl groups is 1. The minimum atomic E-state index is -1.15. The smallest absolute Gasteiger partial charge is 0.255 e. The van der Waals surface area contributed by atoms with Crippen LogP contribution in [0.3, 0.4) is 0 Å². The SMILES string of the molecule is CC(C)N(C)C(=O)c1cn(CC2(O)CCN(C(=O)C[C@@H](C)c3ccccc3)CC2)c(=O)cc1-c1ccccc1. The molecule has 4 rings (SSSR count). The number of piperidine rings is 1. The van der Waals surface area contributed by atoms with Gasteiger partial charge in [0.2, 0.25) is 5.91 Å². The van der Waals surface area contributed by atoms with Crippen molar-refractivity contribution in [1.82, 2.24) is 14.4 Å². The standard InChI is InChI=1S/C32H39N3O4/c1-23(2)33(4)31(38)28-21-35(30(37)20-27(28)26-13-9-6-10-14-26)22-32(39)15-17-34(18-16-32)29(36)19-24(3)25-11-7-5-8-12-25/h5-14,20-21,23-24,39H,15-19,22H2,1-4H3/t24-/m1/s1. The summed E-state index contributed by atoms with van der Waals surface area (Å²) in [5.41, 5.74) is 1.49. The third kappa shape index (κ3) is 6.66. The van der Waals surface area contributed by atoms with Crippen LogP contribution in [0.5, 0.6) is 0 Å². The highest BCUT2D eigenvalue weighted by atomic mass is 16.3. The van der Waals surface area contributed by atoms with E-state index in [0.29, 0.717) is 43.5 Å². The van der Waals surface area contributed by atoms with E-state index in [0.717, 1.165) is 11.1 Å². The highest BCUT2D eigenvalue weighted by Crippen LogP contribution is 2.28. The first-order valence-electron chi connectivity index (χ1n) is 13.7. The van der Waals surface area contributed by atoms with Gasteiger partial charge >= 0.3 is 0 Å². The van der Waals surface area contributed by atoms with E-state index in [4.69, 9.17) is 0 Å². The van der Waals surface area contributed by atoms with E-state index in [1.807, 2.05) is 79.4 Å². The van der Waals surface area contributed by atoms with Crippen molar-refractivity contribution in [3.63, 3.8) is 0 Å².